The highest BCUT2D eigenvalue weighted by Gasteiger charge is 2.26. The third-order valence-electron chi connectivity index (χ3n) is 5.80. The number of amides is 1. The molecule has 4 rings (SSSR count). The van der Waals surface area contributed by atoms with Crippen molar-refractivity contribution in [1.82, 2.24) is 9.97 Å². The Balaban J connectivity index is 1.65. The number of ether oxygens (including phenoxy) is 1. The van der Waals surface area contributed by atoms with Crippen molar-refractivity contribution in [2.45, 2.75) is 44.7 Å². The Morgan fingerprint density at radius 3 is 2.58 bits per heavy atom. The van der Waals surface area contributed by atoms with Crippen LogP contribution in [0.4, 0.5) is 11.8 Å². The van der Waals surface area contributed by atoms with Crippen molar-refractivity contribution in [3.8, 4) is 5.75 Å². The van der Waals surface area contributed by atoms with Gasteiger partial charge in [0.2, 0.25) is 5.95 Å². The predicted molar refractivity (Wildman–Crippen MR) is 131 cm³/mol. The molecule has 9 nitrogen and oxygen atoms in total. The number of guanidine groups is 1. The van der Waals surface area contributed by atoms with Gasteiger partial charge < -0.3 is 21.5 Å². The molecular formula is C24H29N7O2. The zero-order valence-corrected chi connectivity index (χ0v) is 18.8. The van der Waals surface area contributed by atoms with Crippen LogP contribution in [-0.4, -0.2) is 41.0 Å². The first-order chi connectivity index (χ1) is 15.9. The standard InChI is InChI=1S/C24H29N7O2/c1-14-7-12-18-17(13-14)21(27-19-5-3-4-6-20(19)28-23(25)26)30-24(29-18)31-22(32)15-8-10-16(33-2)11-9-15/h7-13,19-20H,3-6H2,1-2H3,(H4,25,26,28)(H2,27,29,30,31,32)/t19-,20+/m0/s1. The number of hydrogen-bond acceptors (Lipinski definition) is 6. The summed E-state index contributed by atoms with van der Waals surface area (Å²) < 4.78 is 5.16. The van der Waals surface area contributed by atoms with E-state index in [1.165, 1.54) is 0 Å². The van der Waals surface area contributed by atoms with Crippen molar-refractivity contribution in [3.63, 3.8) is 0 Å². The third kappa shape index (κ3) is 5.31. The summed E-state index contributed by atoms with van der Waals surface area (Å²) in [4.78, 5) is 26.4. The topological polar surface area (TPSA) is 141 Å². The van der Waals surface area contributed by atoms with E-state index in [-0.39, 0.29) is 29.9 Å². The minimum atomic E-state index is -0.300. The molecule has 6 N–H and O–H groups in total. The average molecular weight is 448 g/mol. The van der Waals surface area contributed by atoms with Gasteiger partial charge in [-0.15, -0.1) is 0 Å². The predicted octanol–water partition coefficient (Wildman–Crippen LogP) is 3.20. The number of methoxy groups -OCH3 is 1. The van der Waals surface area contributed by atoms with E-state index < -0.39 is 0 Å². The Hall–Kier alpha value is -3.88. The number of aromatic nitrogens is 2. The molecule has 1 amide bonds. The van der Waals surface area contributed by atoms with Gasteiger partial charge in [0.25, 0.3) is 5.91 Å². The largest absolute Gasteiger partial charge is 0.497 e. The molecular weight excluding hydrogens is 418 g/mol. The van der Waals surface area contributed by atoms with Crippen LogP contribution in [0.15, 0.2) is 47.5 Å². The van der Waals surface area contributed by atoms with Gasteiger partial charge in [0.15, 0.2) is 5.96 Å². The maximum Gasteiger partial charge on any atom is 0.258 e. The Kier molecular flexibility index (Phi) is 6.58. The van der Waals surface area contributed by atoms with E-state index in [1.54, 1.807) is 31.4 Å². The molecule has 9 heteroatoms. The van der Waals surface area contributed by atoms with Gasteiger partial charge in [0.1, 0.15) is 11.6 Å². The number of carbonyl (C=O) groups excluding carboxylic acids is 1. The molecule has 0 unspecified atom stereocenters. The molecule has 1 heterocycles. The molecule has 2 aromatic carbocycles. The van der Waals surface area contributed by atoms with E-state index in [1.807, 2.05) is 25.1 Å². The Morgan fingerprint density at radius 1 is 1.09 bits per heavy atom. The van der Waals surface area contributed by atoms with E-state index in [0.717, 1.165) is 42.1 Å². The molecule has 0 bridgehead atoms. The lowest BCUT2D eigenvalue weighted by molar-refractivity contribution is 0.102. The highest BCUT2D eigenvalue weighted by molar-refractivity contribution is 6.04. The van der Waals surface area contributed by atoms with Gasteiger partial charge in [-0.1, -0.05) is 24.5 Å². The Labute approximate surface area is 192 Å². The minimum absolute atomic E-state index is 0.0316. The number of fused-ring (bicyclic) bond motifs is 1. The van der Waals surface area contributed by atoms with Crippen LogP contribution in [0.1, 0.15) is 41.6 Å². The monoisotopic (exact) mass is 447 g/mol. The number of anilines is 2. The van der Waals surface area contributed by atoms with Crippen molar-refractivity contribution in [3.05, 3.63) is 53.6 Å². The molecule has 0 aliphatic heterocycles. The molecule has 33 heavy (non-hydrogen) atoms. The number of nitrogens with two attached hydrogens (primary N) is 2. The number of nitrogens with one attached hydrogen (secondary N) is 2. The zero-order chi connectivity index (χ0) is 23.4. The molecule has 3 aromatic rings. The molecule has 0 spiro atoms. The maximum absolute atomic E-state index is 12.8. The van der Waals surface area contributed by atoms with Crippen molar-refractivity contribution in [2.24, 2.45) is 16.5 Å². The zero-order valence-electron chi connectivity index (χ0n) is 18.8. The number of aryl methyl sites for hydroxylation is 1. The van der Waals surface area contributed by atoms with E-state index in [9.17, 15) is 4.79 Å². The van der Waals surface area contributed by atoms with Gasteiger partial charge >= 0.3 is 0 Å². The molecule has 2 atom stereocenters. The lowest BCUT2D eigenvalue weighted by atomic mass is 9.90. The molecule has 1 aliphatic rings. The lowest BCUT2D eigenvalue weighted by Gasteiger charge is -2.30. The van der Waals surface area contributed by atoms with Crippen LogP contribution < -0.4 is 26.8 Å². The summed E-state index contributed by atoms with van der Waals surface area (Å²) in [7, 11) is 1.58. The molecule has 1 fully saturated rings. The summed E-state index contributed by atoms with van der Waals surface area (Å²) in [5.41, 5.74) is 13.6. The Morgan fingerprint density at radius 2 is 1.85 bits per heavy atom. The van der Waals surface area contributed by atoms with Crippen LogP contribution in [0.5, 0.6) is 5.75 Å². The average Bonchev–Trinajstić information content (AvgIpc) is 2.80. The second-order valence-electron chi connectivity index (χ2n) is 8.26. The highest BCUT2D eigenvalue weighted by Crippen LogP contribution is 2.29. The maximum atomic E-state index is 12.8. The van der Waals surface area contributed by atoms with Crippen LogP contribution in [0.25, 0.3) is 10.9 Å². The van der Waals surface area contributed by atoms with E-state index >= 15 is 0 Å². The summed E-state index contributed by atoms with van der Waals surface area (Å²) in [5.74, 6) is 1.34. The van der Waals surface area contributed by atoms with Crippen LogP contribution >= 0.6 is 0 Å². The summed E-state index contributed by atoms with van der Waals surface area (Å²) in [5, 5.41) is 7.23. The number of hydrogen-bond donors (Lipinski definition) is 4. The number of aliphatic imine (C=N–C) groups is 1. The smallest absolute Gasteiger partial charge is 0.258 e. The third-order valence-corrected chi connectivity index (χ3v) is 5.80. The highest BCUT2D eigenvalue weighted by atomic mass is 16.5. The molecule has 0 saturated heterocycles. The van der Waals surface area contributed by atoms with Gasteiger partial charge in [-0.3, -0.25) is 10.1 Å². The van der Waals surface area contributed by atoms with Crippen molar-refractivity contribution >= 4 is 34.5 Å². The molecule has 172 valence electrons. The molecule has 0 radical (unpaired) electrons. The summed E-state index contributed by atoms with van der Waals surface area (Å²) >= 11 is 0. The van der Waals surface area contributed by atoms with Crippen molar-refractivity contribution in [2.75, 3.05) is 17.7 Å². The number of nitrogens with zero attached hydrogens (tertiary/aromatic N) is 3. The van der Waals surface area contributed by atoms with Crippen LogP contribution in [0, 0.1) is 6.92 Å². The fourth-order valence-corrected chi connectivity index (χ4v) is 4.13. The van der Waals surface area contributed by atoms with E-state index in [2.05, 4.69) is 25.6 Å². The second kappa shape index (κ2) is 9.72. The normalized spacial score (nSPS) is 17.9. The van der Waals surface area contributed by atoms with Crippen molar-refractivity contribution in [1.29, 1.82) is 0 Å². The lowest BCUT2D eigenvalue weighted by Crippen LogP contribution is -2.38. The van der Waals surface area contributed by atoms with Crippen LogP contribution in [-0.2, 0) is 0 Å². The SMILES string of the molecule is COc1ccc(C(=O)Nc2nc(N[C@H]3CCCC[C@H]3N=C(N)N)c3cc(C)ccc3n2)cc1. The van der Waals surface area contributed by atoms with Crippen LogP contribution in [0.2, 0.25) is 0 Å². The summed E-state index contributed by atoms with van der Waals surface area (Å²) in [6.07, 6.45) is 3.98. The van der Waals surface area contributed by atoms with Gasteiger partial charge in [-0.2, -0.15) is 4.98 Å². The fraction of sp³-hybridized carbons (Fsp3) is 0.333. The fourth-order valence-electron chi connectivity index (χ4n) is 4.13. The quantitative estimate of drug-likeness (QED) is 0.336. The molecule has 1 aliphatic carbocycles. The Bertz CT molecular complexity index is 1170. The van der Waals surface area contributed by atoms with Gasteiger partial charge in [0, 0.05) is 10.9 Å². The minimum Gasteiger partial charge on any atom is -0.497 e. The van der Waals surface area contributed by atoms with Gasteiger partial charge in [0.05, 0.1) is 24.7 Å². The van der Waals surface area contributed by atoms with Crippen LogP contribution in [0.3, 0.4) is 0 Å². The number of rotatable bonds is 6. The first kappa shape index (κ1) is 22.3. The second-order valence-corrected chi connectivity index (χ2v) is 8.26. The van der Waals surface area contributed by atoms with Gasteiger partial charge in [-0.25, -0.2) is 9.98 Å². The summed E-state index contributed by atoms with van der Waals surface area (Å²) in [6.45, 7) is 2.02. The first-order valence-electron chi connectivity index (χ1n) is 11.0. The van der Waals surface area contributed by atoms with E-state index in [0.29, 0.717) is 17.1 Å². The van der Waals surface area contributed by atoms with E-state index in [4.69, 9.17) is 16.2 Å². The van der Waals surface area contributed by atoms with Gasteiger partial charge in [-0.05, 0) is 56.2 Å². The summed E-state index contributed by atoms with van der Waals surface area (Å²) in [6, 6.07) is 12.8. The number of benzene rings is 2. The number of carbonyl (C=O) groups is 1. The van der Waals surface area contributed by atoms with Crippen molar-refractivity contribution < 1.29 is 9.53 Å². The molecule has 1 saturated carbocycles. The first-order valence-corrected chi connectivity index (χ1v) is 11.0. The molecule has 1 aromatic heterocycles.